The highest BCUT2D eigenvalue weighted by Gasteiger charge is 2.05. The fourth-order valence-corrected chi connectivity index (χ4v) is 2.24. The summed E-state index contributed by atoms with van der Waals surface area (Å²) in [6.45, 7) is 0.596. The Morgan fingerprint density at radius 3 is 2.82 bits per heavy atom. The molecule has 0 bridgehead atoms. The van der Waals surface area contributed by atoms with Crippen molar-refractivity contribution in [1.29, 1.82) is 0 Å². The molecule has 3 rings (SSSR count). The van der Waals surface area contributed by atoms with Gasteiger partial charge in [-0.15, -0.1) is 0 Å². The van der Waals surface area contributed by atoms with E-state index in [0.29, 0.717) is 11.2 Å². The summed E-state index contributed by atoms with van der Waals surface area (Å²) in [4.78, 5) is 0. The van der Waals surface area contributed by atoms with E-state index >= 15 is 0 Å². The van der Waals surface area contributed by atoms with Crippen molar-refractivity contribution in [2.45, 2.75) is 6.54 Å². The summed E-state index contributed by atoms with van der Waals surface area (Å²) in [6.07, 6.45) is 1.93. The molecule has 86 valence electrons. The second-order valence-electron chi connectivity index (χ2n) is 3.85. The first-order valence-corrected chi connectivity index (χ1v) is 6.00. The van der Waals surface area contributed by atoms with Crippen LogP contribution in [0.1, 0.15) is 5.76 Å². The van der Waals surface area contributed by atoms with Gasteiger partial charge in [0.2, 0.25) is 0 Å². The van der Waals surface area contributed by atoms with Crippen LogP contribution in [0.3, 0.4) is 0 Å². The Morgan fingerprint density at radius 1 is 1.18 bits per heavy atom. The number of halogens is 2. The molecule has 1 aromatic carbocycles. The molecule has 0 atom stereocenters. The largest absolute Gasteiger partial charge is 0.452 e. The highest BCUT2D eigenvalue weighted by Crippen LogP contribution is 2.20. The molecule has 0 fully saturated rings. The van der Waals surface area contributed by atoms with Gasteiger partial charge in [0.15, 0.2) is 4.67 Å². The van der Waals surface area contributed by atoms with E-state index in [9.17, 15) is 4.39 Å². The number of furan rings is 1. The fourth-order valence-electron chi connectivity index (χ4n) is 1.90. The molecule has 0 saturated carbocycles. The minimum Gasteiger partial charge on any atom is -0.452 e. The predicted molar refractivity (Wildman–Crippen MR) is 67.4 cm³/mol. The second-order valence-corrected chi connectivity index (χ2v) is 4.63. The normalized spacial score (nSPS) is 11.2. The third kappa shape index (κ3) is 2.00. The lowest BCUT2D eigenvalue weighted by Gasteiger charge is -2.02. The average molecular weight is 294 g/mol. The highest BCUT2D eigenvalue weighted by atomic mass is 79.9. The molecule has 2 nitrogen and oxygen atoms in total. The summed E-state index contributed by atoms with van der Waals surface area (Å²) in [6, 6.07) is 10.5. The summed E-state index contributed by atoms with van der Waals surface area (Å²) >= 11 is 3.26. The number of rotatable bonds is 2. The molecular formula is C13H9BrFNO. The molecule has 0 aliphatic carbocycles. The zero-order chi connectivity index (χ0) is 11.8. The molecule has 2 heterocycles. The van der Waals surface area contributed by atoms with Crippen molar-refractivity contribution in [3.63, 3.8) is 0 Å². The quantitative estimate of drug-likeness (QED) is 0.693. The van der Waals surface area contributed by atoms with Gasteiger partial charge in [0, 0.05) is 6.20 Å². The number of hydrogen-bond acceptors (Lipinski definition) is 1. The monoisotopic (exact) mass is 293 g/mol. The molecule has 0 aliphatic heterocycles. The fraction of sp³-hybridized carbons (Fsp3) is 0.0769. The first-order chi connectivity index (χ1) is 8.22. The maximum atomic E-state index is 13.2. The van der Waals surface area contributed by atoms with E-state index in [1.165, 1.54) is 12.1 Å². The Bertz CT molecular complexity index is 671. The topological polar surface area (TPSA) is 18.1 Å². The zero-order valence-corrected chi connectivity index (χ0v) is 10.4. The lowest BCUT2D eigenvalue weighted by Crippen LogP contribution is -1.96. The van der Waals surface area contributed by atoms with Crippen molar-refractivity contribution >= 4 is 26.8 Å². The lowest BCUT2D eigenvalue weighted by atomic mass is 10.2. The van der Waals surface area contributed by atoms with Gasteiger partial charge >= 0.3 is 0 Å². The van der Waals surface area contributed by atoms with Crippen LogP contribution in [0, 0.1) is 5.82 Å². The number of benzene rings is 1. The number of aromatic nitrogens is 1. The Labute approximate surface area is 106 Å². The van der Waals surface area contributed by atoms with Crippen molar-refractivity contribution in [2.75, 3.05) is 0 Å². The van der Waals surface area contributed by atoms with E-state index in [0.717, 1.165) is 16.7 Å². The van der Waals surface area contributed by atoms with Crippen molar-refractivity contribution in [3.05, 3.63) is 58.8 Å². The van der Waals surface area contributed by atoms with Crippen LogP contribution in [0.4, 0.5) is 4.39 Å². The SMILES string of the molecule is Fc1ccc2ccn(Cc3ccc(Br)o3)c2c1. The van der Waals surface area contributed by atoms with Crippen LogP contribution < -0.4 is 0 Å². The van der Waals surface area contributed by atoms with Gasteiger partial charge in [-0.1, -0.05) is 0 Å². The highest BCUT2D eigenvalue weighted by molar-refractivity contribution is 9.10. The molecular weight excluding hydrogens is 285 g/mol. The smallest absolute Gasteiger partial charge is 0.169 e. The van der Waals surface area contributed by atoms with Gasteiger partial charge in [-0.3, -0.25) is 0 Å². The van der Waals surface area contributed by atoms with E-state index in [4.69, 9.17) is 4.42 Å². The summed E-state index contributed by atoms with van der Waals surface area (Å²) < 4.78 is 21.3. The standard InChI is InChI=1S/C13H9BrFNO/c14-13-4-3-11(17-13)8-16-6-5-9-1-2-10(15)7-12(9)16/h1-7H,8H2. The van der Waals surface area contributed by atoms with Gasteiger partial charge in [0.25, 0.3) is 0 Å². The minimum atomic E-state index is -0.224. The lowest BCUT2D eigenvalue weighted by molar-refractivity contribution is 0.477. The molecule has 3 aromatic rings. The first kappa shape index (κ1) is 10.6. The van der Waals surface area contributed by atoms with Gasteiger partial charge < -0.3 is 8.98 Å². The van der Waals surface area contributed by atoms with Crippen LogP contribution in [0.2, 0.25) is 0 Å². The van der Waals surface area contributed by atoms with Gasteiger partial charge in [-0.25, -0.2) is 4.39 Å². The van der Waals surface area contributed by atoms with Crippen LogP contribution in [0.15, 0.2) is 51.7 Å². The third-order valence-electron chi connectivity index (χ3n) is 2.69. The van der Waals surface area contributed by atoms with E-state index in [1.54, 1.807) is 6.07 Å². The molecule has 0 spiro atoms. The number of hydrogen-bond donors (Lipinski definition) is 0. The van der Waals surface area contributed by atoms with Gasteiger partial charge in [0.05, 0.1) is 12.1 Å². The van der Waals surface area contributed by atoms with Gasteiger partial charge in [-0.05, 0) is 57.7 Å². The Morgan fingerprint density at radius 2 is 2.06 bits per heavy atom. The first-order valence-electron chi connectivity index (χ1n) is 5.21. The minimum absolute atomic E-state index is 0.224. The second kappa shape index (κ2) is 4.04. The molecule has 0 radical (unpaired) electrons. The Balaban J connectivity index is 2.03. The van der Waals surface area contributed by atoms with Crippen LogP contribution in [-0.4, -0.2) is 4.57 Å². The van der Waals surface area contributed by atoms with E-state index in [-0.39, 0.29) is 5.82 Å². The average Bonchev–Trinajstić information content (AvgIpc) is 2.87. The van der Waals surface area contributed by atoms with Crippen LogP contribution in [0.25, 0.3) is 10.9 Å². The van der Waals surface area contributed by atoms with Crippen molar-refractivity contribution in [1.82, 2.24) is 4.57 Å². The molecule has 2 aromatic heterocycles. The summed E-state index contributed by atoms with van der Waals surface area (Å²) in [5.41, 5.74) is 0.873. The number of nitrogens with zero attached hydrogens (tertiary/aromatic N) is 1. The van der Waals surface area contributed by atoms with E-state index in [1.807, 2.05) is 29.0 Å². The molecule has 0 unspecified atom stereocenters. The van der Waals surface area contributed by atoms with Gasteiger partial charge in [0.1, 0.15) is 11.6 Å². The molecule has 4 heteroatoms. The Hall–Kier alpha value is -1.55. The molecule has 0 N–H and O–H groups in total. The van der Waals surface area contributed by atoms with Crippen molar-refractivity contribution in [2.24, 2.45) is 0 Å². The zero-order valence-electron chi connectivity index (χ0n) is 8.86. The maximum absolute atomic E-state index is 13.2. The molecule has 0 aliphatic rings. The van der Waals surface area contributed by atoms with Crippen molar-refractivity contribution in [3.8, 4) is 0 Å². The van der Waals surface area contributed by atoms with E-state index < -0.39 is 0 Å². The van der Waals surface area contributed by atoms with Gasteiger partial charge in [-0.2, -0.15) is 0 Å². The third-order valence-corrected chi connectivity index (χ3v) is 3.12. The summed E-state index contributed by atoms with van der Waals surface area (Å²) in [5.74, 6) is 0.608. The molecule has 17 heavy (non-hydrogen) atoms. The summed E-state index contributed by atoms with van der Waals surface area (Å²) in [7, 11) is 0. The summed E-state index contributed by atoms with van der Waals surface area (Å²) in [5, 5.41) is 1.03. The predicted octanol–water partition coefficient (Wildman–Crippen LogP) is 4.18. The Kier molecular flexibility index (Phi) is 2.52. The van der Waals surface area contributed by atoms with Crippen molar-refractivity contribution < 1.29 is 8.81 Å². The van der Waals surface area contributed by atoms with Crippen LogP contribution in [0.5, 0.6) is 0 Å². The van der Waals surface area contributed by atoms with Crippen LogP contribution >= 0.6 is 15.9 Å². The maximum Gasteiger partial charge on any atom is 0.169 e. The number of fused-ring (bicyclic) bond motifs is 1. The molecule has 0 amide bonds. The van der Waals surface area contributed by atoms with Crippen LogP contribution in [-0.2, 0) is 6.54 Å². The van der Waals surface area contributed by atoms with E-state index in [2.05, 4.69) is 15.9 Å². The molecule has 0 saturated heterocycles.